The molecule has 2 heterocycles. The molecule has 2 bridgehead atoms. The van der Waals surface area contributed by atoms with Crippen molar-refractivity contribution in [3.05, 3.63) is 59.7 Å². The van der Waals surface area contributed by atoms with Crippen LogP contribution in [0.2, 0.25) is 0 Å². The largest absolute Gasteiger partial charge is 0.468 e. The van der Waals surface area contributed by atoms with Gasteiger partial charge in [0.1, 0.15) is 11.7 Å². The van der Waals surface area contributed by atoms with E-state index in [-0.39, 0.29) is 30.9 Å². The molecule has 2 aliphatic heterocycles. The minimum absolute atomic E-state index is 0.123. The molecule has 1 fully saturated rings. The molecule has 0 unspecified atom stereocenters. The average Bonchev–Trinajstić information content (AvgIpc) is 2.67. The van der Waals surface area contributed by atoms with Crippen LogP contribution in [0, 0.1) is 12.8 Å². The summed E-state index contributed by atoms with van der Waals surface area (Å²) in [5, 5.41) is 12.4. The number of nitrogens with one attached hydrogen (secondary N) is 1. The molecular weight excluding hydrogens is 356 g/mol. The summed E-state index contributed by atoms with van der Waals surface area (Å²) in [6, 6.07) is 15.1. The van der Waals surface area contributed by atoms with E-state index in [0.717, 1.165) is 11.1 Å². The van der Waals surface area contributed by atoms with Crippen LogP contribution in [0.1, 0.15) is 30.4 Å². The number of aliphatic hydroxyl groups is 1. The average molecular weight is 380 g/mol. The molecule has 0 aromatic heterocycles. The zero-order valence-electron chi connectivity index (χ0n) is 16.0. The Hall–Kier alpha value is -2.86. The number of β-amino-alcohol motifs (C(OH)–C–C–N with tert-alkyl or cyclic N) is 1. The second-order valence-corrected chi connectivity index (χ2v) is 7.62. The number of hydrogen-bond donors (Lipinski definition) is 2. The standard InChI is InChI=1S/C22H24N2O4/c1-14-7-3-5-9-17(14)23-20(26)19-16-13-22(2,24(11-12-25)21(19)27)28-18-10-6-4-8-15(16)18/h3-10,16,19,25H,11-13H2,1-2H3,(H,23,26)/t16-,19+,22+/m1/s1. The number of fused-ring (bicyclic) bond motifs is 4. The molecule has 2 amide bonds. The SMILES string of the molecule is Cc1ccccc1NC(=O)[C@H]1C(=O)N(CCO)[C@]2(C)C[C@@H]1c1ccccc1O2. The van der Waals surface area contributed by atoms with Crippen molar-refractivity contribution in [2.24, 2.45) is 5.92 Å². The lowest BCUT2D eigenvalue weighted by Gasteiger charge is -2.52. The smallest absolute Gasteiger partial charge is 0.238 e. The van der Waals surface area contributed by atoms with Gasteiger partial charge in [0.2, 0.25) is 11.8 Å². The van der Waals surface area contributed by atoms with Crippen LogP contribution in [0.15, 0.2) is 48.5 Å². The number of hydrogen-bond acceptors (Lipinski definition) is 4. The van der Waals surface area contributed by atoms with E-state index in [2.05, 4.69) is 5.32 Å². The lowest BCUT2D eigenvalue weighted by atomic mass is 9.73. The third-order valence-corrected chi connectivity index (χ3v) is 5.76. The molecular formula is C22H24N2O4. The normalized spacial score (nSPS) is 25.7. The molecule has 6 heteroatoms. The summed E-state index contributed by atoms with van der Waals surface area (Å²) in [6.45, 7) is 3.69. The second-order valence-electron chi connectivity index (χ2n) is 7.62. The minimum Gasteiger partial charge on any atom is -0.468 e. The van der Waals surface area contributed by atoms with Crippen LogP contribution in [0.5, 0.6) is 5.75 Å². The van der Waals surface area contributed by atoms with Gasteiger partial charge in [0.25, 0.3) is 0 Å². The molecule has 6 nitrogen and oxygen atoms in total. The van der Waals surface area contributed by atoms with Crippen molar-refractivity contribution in [2.75, 3.05) is 18.5 Å². The lowest BCUT2D eigenvalue weighted by molar-refractivity contribution is -0.176. The number of piperidine rings is 1. The zero-order chi connectivity index (χ0) is 19.9. The van der Waals surface area contributed by atoms with Crippen molar-refractivity contribution < 1.29 is 19.4 Å². The van der Waals surface area contributed by atoms with Crippen LogP contribution >= 0.6 is 0 Å². The Labute approximate surface area is 164 Å². The summed E-state index contributed by atoms with van der Waals surface area (Å²) in [4.78, 5) is 28.1. The van der Waals surface area contributed by atoms with Gasteiger partial charge in [0.15, 0.2) is 5.72 Å². The molecule has 2 aromatic carbocycles. The number of anilines is 1. The summed E-state index contributed by atoms with van der Waals surface area (Å²) in [5.41, 5.74) is 1.63. The van der Waals surface area contributed by atoms with Gasteiger partial charge in [-0.2, -0.15) is 0 Å². The van der Waals surface area contributed by atoms with Crippen molar-refractivity contribution in [3.63, 3.8) is 0 Å². The number of carbonyl (C=O) groups is 2. The van der Waals surface area contributed by atoms with Gasteiger partial charge < -0.3 is 20.1 Å². The molecule has 4 rings (SSSR count). The summed E-state index contributed by atoms with van der Waals surface area (Å²) in [5.74, 6) is -1.10. The zero-order valence-corrected chi connectivity index (χ0v) is 16.0. The van der Waals surface area contributed by atoms with E-state index in [1.807, 2.05) is 62.4 Å². The lowest BCUT2D eigenvalue weighted by Crippen LogP contribution is -2.64. The van der Waals surface area contributed by atoms with Gasteiger partial charge in [-0.3, -0.25) is 9.59 Å². The van der Waals surface area contributed by atoms with Crippen molar-refractivity contribution in [2.45, 2.75) is 31.9 Å². The predicted octanol–water partition coefficient (Wildman–Crippen LogP) is 2.67. The number of benzene rings is 2. The Kier molecular flexibility index (Phi) is 4.59. The van der Waals surface area contributed by atoms with Gasteiger partial charge in [-0.05, 0) is 37.1 Å². The Morgan fingerprint density at radius 1 is 1.25 bits per heavy atom. The first kappa shape index (κ1) is 18.5. The highest BCUT2D eigenvalue weighted by Crippen LogP contribution is 2.50. The maximum absolute atomic E-state index is 13.3. The first-order chi connectivity index (χ1) is 13.4. The Morgan fingerprint density at radius 2 is 1.96 bits per heavy atom. The fourth-order valence-electron chi connectivity index (χ4n) is 4.38. The number of nitrogens with zero attached hydrogens (tertiary/aromatic N) is 1. The number of carbonyl (C=O) groups excluding carboxylic acids is 2. The van der Waals surface area contributed by atoms with E-state index in [9.17, 15) is 14.7 Å². The number of aliphatic hydroxyl groups excluding tert-OH is 1. The van der Waals surface area contributed by atoms with Gasteiger partial charge in [-0.15, -0.1) is 0 Å². The molecule has 146 valence electrons. The summed E-state index contributed by atoms with van der Waals surface area (Å²) < 4.78 is 6.15. The molecule has 0 saturated carbocycles. The molecule has 0 aliphatic carbocycles. The fourth-order valence-corrected chi connectivity index (χ4v) is 4.38. The van der Waals surface area contributed by atoms with Crippen molar-refractivity contribution in [1.82, 2.24) is 4.90 Å². The topological polar surface area (TPSA) is 78.9 Å². The van der Waals surface area contributed by atoms with Crippen molar-refractivity contribution in [3.8, 4) is 5.75 Å². The first-order valence-corrected chi connectivity index (χ1v) is 9.51. The number of para-hydroxylation sites is 2. The van der Waals surface area contributed by atoms with E-state index in [4.69, 9.17) is 4.74 Å². The molecule has 1 saturated heterocycles. The van der Waals surface area contributed by atoms with Gasteiger partial charge in [0, 0.05) is 24.6 Å². The van der Waals surface area contributed by atoms with Crippen LogP contribution in [0.25, 0.3) is 0 Å². The number of likely N-dealkylation sites (tertiary alicyclic amines) is 1. The Morgan fingerprint density at radius 3 is 2.71 bits per heavy atom. The van der Waals surface area contributed by atoms with Crippen molar-refractivity contribution in [1.29, 1.82) is 0 Å². The second kappa shape index (κ2) is 6.95. The number of ether oxygens (including phenoxy) is 1. The quantitative estimate of drug-likeness (QED) is 0.800. The van der Waals surface area contributed by atoms with E-state index < -0.39 is 11.6 Å². The van der Waals surface area contributed by atoms with Gasteiger partial charge in [-0.1, -0.05) is 36.4 Å². The minimum atomic E-state index is -0.877. The van der Waals surface area contributed by atoms with Gasteiger partial charge in [0.05, 0.1) is 6.61 Å². The predicted molar refractivity (Wildman–Crippen MR) is 105 cm³/mol. The molecule has 2 aromatic rings. The van der Waals surface area contributed by atoms with Crippen molar-refractivity contribution >= 4 is 17.5 Å². The summed E-state index contributed by atoms with van der Waals surface area (Å²) in [7, 11) is 0. The Bertz CT molecular complexity index is 928. The first-order valence-electron chi connectivity index (χ1n) is 9.51. The third-order valence-electron chi connectivity index (χ3n) is 5.76. The highest BCUT2D eigenvalue weighted by atomic mass is 16.5. The summed E-state index contributed by atoms with van der Waals surface area (Å²) in [6.07, 6.45) is 0.502. The molecule has 28 heavy (non-hydrogen) atoms. The van der Waals surface area contributed by atoms with Crippen LogP contribution < -0.4 is 10.1 Å². The maximum Gasteiger partial charge on any atom is 0.238 e. The third kappa shape index (κ3) is 2.94. The number of aryl methyl sites for hydroxylation is 1. The van der Waals surface area contributed by atoms with Crippen LogP contribution in [-0.4, -0.2) is 40.7 Å². The summed E-state index contributed by atoms with van der Waals surface area (Å²) >= 11 is 0. The molecule has 3 atom stereocenters. The maximum atomic E-state index is 13.3. The van der Waals surface area contributed by atoms with E-state index in [0.29, 0.717) is 17.9 Å². The van der Waals surface area contributed by atoms with E-state index >= 15 is 0 Å². The molecule has 0 spiro atoms. The fraction of sp³-hybridized carbons (Fsp3) is 0.364. The number of rotatable bonds is 4. The van der Waals surface area contributed by atoms with E-state index in [1.165, 1.54) is 4.90 Å². The Balaban J connectivity index is 1.74. The molecule has 0 radical (unpaired) electrons. The highest BCUT2D eigenvalue weighted by Gasteiger charge is 2.55. The van der Waals surface area contributed by atoms with Crippen LogP contribution in [0.4, 0.5) is 5.69 Å². The monoisotopic (exact) mass is 380 g/mol. The van der Waals surface area contributed by atoms with Crippen LogP contribution in [0.3, 0.4) is 0 Å². The molecule has 2 N–H and O–H groups in total. The molecule has 2 aliphatic rings. The van der Waals surface area contributed by atoms with Gasteiger partial charge >= 0.3 is 0 Å². The van der Waals surface area contributed by atoms with Crippen LogP contribution in [-0.2, 0) is 9.59 Å². The highest BCUT2D eigenvalue weighted by molar-refractivity contribution is 6.08. The van der Waals surface area contributed by atoms with E-state index in [1.54, 1.807) is 0 Å². The number of amides is 2. The van der Waals surface area contributed by atoms with Gasteiger partial charge in [-0.25, -0.2) is 0 Å².